The van der Waals surface area contributed by atoms with Gasteiger partial charge in [-0.2, -0.15) is 0 Å². The minimum Gasteiger partial charge on any atom is -0.497 e. The summed E-state index contributed by atoms with van der Waals surface area (Å²) in [5.74, 6) is -0.224. The van der Waals surface area contributed by atoms with Crippen LogP contribution in [0.15, 0.2) is 24.3 Å². The number of carboxylic acids is 1. The van der Waals surface area contributed by atoms with Crippen molar-refractivity contribution in [3.05, 3.63) is 29.8 Å². The summed E-state index contributed by atoms with van der Waals surface area (Å²) in [6.07, 6.45) is 0. The van der Waals surface area contributed by atoms with Crippen molar-refractivity contribution < 1.29 is 14.6 Å². The van der Waals surface area contributed by atoms with E-state index in [0.29, 0.717) is 11.3 Å². The average Bonchev–Trinajstić information content (AvgIpc) is 2.27. The van der Waals surface area contributed by atoms with Crippen molar-refractivity contribution in [2.75, 3.05) is 21.2 Å². The first-order valence-corrected chi connectivity index (χ1v) is 4.98. The summed E-state index contributed by atoms with van der Waals surface area (Å²) in [6, 6.07) is 7.12. The van der Waals surface area contributed by atoms with Gasteiger partial charge in [0.15, 0.2) is 0 Å². The number of carbonyl (C=O) groups is 1. The van der Waals surface area contributed by atoms with Crippen LogP contribution in [0.1, 0.15) is 12.5 Å². The highest BCUT2D eigenvalue weighted by Crippen LogP contribution is 2.28. The van der Waals surface area contributed by atoms with E-state index in [9.17, 15) is 9.90 Å². The number of carboxylic acid groups (broad SMARTS) is 1. The van der Waals surface area contributed by atoms with Crippen LogP contribution in [0.5, 0.6) is 5.75 Å². The van der Waals surface area contributed by atoms with Gasteiger partial charge in [0.1, 0.15) is 11.3 Å². The molecule has 0 amide bonds. The Morgan fingerprint density at radius 1 is 1.44 bits per heavy atom. The molecule has 1 N–H and O–H groups in total. The van der Waals surface area contributed by atoms with Crippen molar-refractivity contribution in [2.24, 2.45) is 0 Å². The van der Waals surface area contributed by atoms with Gasteiger partial charge in [-0.25, -0.2) is 4.79 Å². The van der Waals surface area contributed by atoms with E-state index in [0.717, 1.165) is 0 Å². The second-order valence-corrected chi connectivity index (χ2v) is 4.00. The van der Waals surface area contributed by atoms with E-state index in [1.165, 1.54) is 0 Å². The van der Waals surface area contributed by atoms with Gasteiger partial charge in [0.2, 0.25) is 0 Å². The zero-order valence-electron chi connectivity index (χ0n) is 10.0. The summed E-state index contributed by atoms with van der Waals surface area (Å²) in [5.41, 5.74) is -0.349. The summed E-state index contributed by atoms with van der Waals surface area (Å²) in [7, 11) is 5.05. The summed E-state index contributed by atoms with van der Waals surface area (Å²) >= 11 is 0. The molecule has 0 heterocycles. The molecule has 0 aromatic heterocycles. The zero-order chi connectivity index (χ0) is 12.3. The SMILES string of the molecule is COc1cccc([C@@](C)(C(=O)O)N(C)C)c1. The molecular formula is C12H17NO3. The van der Waals surface area contributed by atoms with E-state index in [2.05, 4.69) is 0 Å². The lowest BCUT2D eigenvalue weighted by molar-refractivity contribution is -0.149. The van der Waals surface area contributed by atoms with Crippen LogP contribution in [0, 0.1) is 0 Å². The fraction of sp³-hybridized carbons (Fsp3) is 0.417. The number of methoxy groups -OCH3 is 1. The molecule has 0 saturated carbocycles. The first kappa shape index (κ1) is 12.5. The van der Waals surface area contributed by atoms with Crippen LogP contribution in [-0.2, 0) is 10.3 Å². The molecule has 0 fully saturated rings. The van der Waals surface area contributed by atoms with Crippen LogP contribution in [-0.4, -0.2) is 37.2 Å². The van der Waals surface area contributed by atoms with Crippen molar-refractivity contribution in [3.63, 3.8) is 0 Å². The predicted octanol–water partition coefficient (Wildman–Crippen LogP) is 1.56. The molecule has 1 rings (SSSR count). The van der Waals surface area contributed by atoms with E-state index >= 15 is 0 Å². The fourth-order valence-corrected chi connectivity index (χ4v) is 1.50. The van der Waals surface area contributed by atoms with Gasteiger partial charge in [-0.05, 0) is 38.7 Å². The summed E-state index contributed by atoms with van der Waals surface area (Å²) in [6.45, 7) is 1.67. The topological polar surface area (TPSA) is 49.8 Å². The lowest BCUT2D eigenvalue weighted by Gasteiger charge is -2.32. The smallest absolute Gasteiger partial charge is 0.328 e. The normalized spacial score (nSPS) is 14.6. The van der Waals surface area contributed by atoms with Crippen molar-refractivity contribution in [1.29, 1.82) is 0 Å². The minimum absolute atomic E-state index is 0.659. The molecule has 0 bridgehead atoms. The molecule has 4 nitrogen and oxygen atoms in total. The first-order valence-electron chi connectivity index (χ1n) is 4.98. The second kappa shape index (κ2) is 4.53. The predicted molar refractivity (Wildman–Crippen MR) is 61.7 cm³/mol. The first-order chi connectivity index (χ1) is 7.42. The highest BCUT2D eigenvalue weighted by atomic mass is 16.5. The zero-order valence-corrected chi connectivity index (χ0v) is 10.0. The van der Waals surface area contributed by atoms with E-state index in [1.807, 2.05) is 0 Å². The second-order valence-electron chi connectivity index (χ2n) is 4.00. The maximum Gasteiger partial charge on any atom is 0.328 e. The molecule has 4 heteroatoms. The van der Waals surface area contributed by atoms with Gasteiger partial charge in [0.05, 0.1) is 7.11 Å². The molecule has 0 aliphatic rings. The van der Waals surface area contributed by atoms with Gasteiger partial charge >= 0.3 is 5.97 Å². The lowest BCUT2D eigenvalue weighted by atomic mass is 9.91. The Labute approximate surface area is 95.5 Å². The van der Waals surface area contributed by atoms with E-state index < -0.39 is 11.5 Å². The quantitative estimate of drug-likeness (QED) is 0.841. The maximum atomic E-state index is 11.4. The van der Waals surface area contributed by atoms with Crippen LogP contribution in [0.3, 0.4) is 0 Å². The molecule has 0 spiro atoms. The van der Waals surface area contributed by atoms with Gasteiger partial charge in [0, 0.05) is 0 Å². The van der Waals surface area contributed by atoms with E-state index in [4.69, 9.17) is 4.74 Å². The Hall–Kier alpha value is -1.55. The number of hydrogen-bond donors (Lipinski definition) is 1. The van der Waals surface area contributed by atoms with Crippen LogP contribution in [0.4, 0.5) is 0 Å². The Morgan fingerprint density at radius 2 is 2.06 bits per heavy atom. The molecular weight excluding hydrogens is 206 g/mol. The van der Waals surface area contributed by atoms with Gasteiger partial charge in [0.25, 0.3) is 0 Å². The number of nitrogens with zero attached hydrogens (tertiary/aromatic N) is 1. The van der Waals surface area contributed by atoms with E-state index in [1.54, 1.807) is 57.3 Å². The fourth-order valence-electron chi connectivity index (χ4n) is 1.50. The number of ether oxygens (including phenoxy) is 1. The summed E-state index contributed by atoms with van der Waals surface area (Å²) < 4.78 is 5.10. The third kappa shape index (κ3) is 2.02. The Bertz CT molecular complexity index is 390. The lowest BCUT2D eigenvalue weighted by Crippen LogP contribution is -2.45. The number of aliphatic carboxylic acids is 1. The largest absolute Gasteiger partial charge is 0.497 e. The summed E-state index contributed by atoms with van der Waals surface area (Å²) in [4.78, 5) is 13.1. The van der Waals surface area contributed by atoms with Crippen molar-refractivity contribution in [1.82, 2.24) is 4.90 Å². The standard InChI is InChI=1S/C12H17NO3/c1-12(11(14)15,13(2)3)9-6-5-7-10(8-9)16-4/h5-8H,1-4H3,(H,14,15)/t12-/m0/s1. The third-order valence-corrected chi connectivity index (χ3v) is 2.94. The van der Waals surface area contributed by atoms with Gasteiger partial charge in [-0.15, -0.1) is 0 Å². The van der Waals surface area contributed by atoms with Crippen LogP contribution < -0.4 is 4.74 Å². The van der Waals surface area contributed by atoms with Gasteiger partial charge < -0.3 is 9.84 Å². The van der Waals surface area contributed by atoms with Crippen molar-refractivity contribution >= 4 is 5.97 Å². The number of hydrogen-bond acceptors (Lipinski definition) is 3. The number of likely N-dealkylation sites (N-methyl/N-ethyl adjacent to an activating group) is 1. The molecule has 1 atom stereocenters. The molecule has 16 heavy (non-hydrogen) atoms. The number of benzene rings is 1. The molecule has 0 aliphatic heterocycles. The molecule has 1 aromatic rings. The van der Waals surface area contributed by atoms with Crippen molar-refractivity contribution in [3.8, 4) is 5.75 Å². The van der Waals surface area contributed by atoms with Gasteiger partial charge in [-0.1, -0.05) is 12.1 Å². The molecule has 0 unspecified atom stereocenters. The Kier molecular flexibility index (Phi) is 3.55. The molecule has 0 saturated heterocycles. The highest BCUT2D eigenvalue weighted by Gasteiger charge is 2.37. The van der Waals surface area contributed by atoms with Crippen molar-refractivity contribution in [2.45, 2.75) is 12.5 Å². The Balaban J connectivity index is 3.26. The van der Waals surface area contributed by atoms with Crippen LogP contribution in [0.25, 0.3) is 0 Å². The molecule has 0 aliphatic carbocycles. The highest BCUT2D eigenvalue weighted by molar-refractivity contribution is 5.80. The van der Waals surface area contributed by atoms with Crippen LogP contribution >= 0.6 is 0 Å². The minimum atomic E-state index is -1.05. The summed E-state index contributed by atoms with van der Waals surface area (Å²) in [5, 5.41) is 9.34. The monoisotopic (exact) mass is 223 g/mol. The number of rotatable bonds is 4. The van der Waals surface area contributed by atoms with E-state index in [-0.39, 0.29) is 0 Å². The molecule has 1 aromatic carbocycles. The van der Waals surface area contributed by atoms with Crippen LogP contribution in [0.2, 0.25) is 0 Å². The maximum absolute atomic E-state index is 11.4. The molecule has 0 radical (unpaired) electrons. The third-order valence-electron chi connectivity index (χ3n) is 2.94. The molecule has 88 valence electrons. The Morgan fingerprint density at radius 3 is 2.50 bits per heavy atom. The average molecular weight is 223 g/mol. The van der Waals surface area contributed by atoms with Gasteiger partial charge in [-0.3, -0.25) is 4.90 Å².